The van der Waals surface area contributed by atoms with E-state index in [1.54, 1.807) is 0 Å². The zero-order chi connectivity index (χ0) is 17.8. The molecule has 1 aliphatic rings. The fourth-order valence-electron chi connectivity index (χ4n) is 3.45. The standard InChI is InChI=1S/C21H24N4S/c1-24-13-6-10-21(24)23-12-14-26-20-16-25(15-17-7-4-5-11-22-17)19-9-3-2-8-18(19)20/h2-5,7-9,11,16H,6,10,12-15H2,1H3/b23-21+. The lowest BCUT2D eigenvalue weighted by molar-refractivity contribution is 0.548. The van der Waals surface area contributed by atoms with Crippen LogP contribution in [0.15, 0.2) is 64.7 Å². The molecule has 0 amide bonds. The third-order valence-electron chi connectivity index (χ3n) is 4.79. The number of fused-ring (bicyclic) bond motifs is 1. The summed E-state index contributed by atoms with van der Waals surface area (Å²) in [6, 6.07) is 14.7. The van der Waals surface area contributed by atoms with E-state index in [1.807, 2.05) is 30.1 Å². The van der Waals surface area contributed by atoms with Crippen LogP contribution in [0.5, 0.6) is 0 Å². The van der Waals surface area contributed by atoms with Crippen LogP contribution in [0, 0.1) is 0 Å². The lowest BCUT2D eigenvalue weighted by Gasteiger charge is -2.10. The van der Waals surface area contributed by atoms with Gasteiger partial charge in [0.1, 0.15) is 0 Å². The van der Waals surface area contributed by atoms with Crippen LogP contribution in [0.2, 0.25) is 0 Å². The number of benzene rings is 1. The number of likely N-dealkylation sites (tertiary alicyclic amines) is 1. The van der Waals surface area contributed by atoms with Crippen molar-refractivity contribution < 1.29 is 0 Å². The van der Waals surface area contributed by atoms with Crippen molar-refractivity contribution in [3.63, 3.8) is 0 Å². The van der Waals surface area contributed by atoms with Crippen molar-refractivity contribution in [1.82, 2.24) is 14.5 Å². The topological polar surface area (TPSA) is 33.4 Å². The summed E-state index contributed by atoms with van der Waals surface area (Å²) in [6.45, 7) is 2.83. The van der Waals surface area contributed by atoms with Gasteiger partial charge in [0.25, 0.3) is 0 Å². The van der Waals surface area contributed by atoms with Crippen LogP contribution in [-0.4, -0.2) is 46.2 Å². The van der Waals surface area contributed by atoms with Crippen LogP contribution in [-0.2, 0) is 6.54 Å². The van der Waals surface area contributed by atoms with Crippen molar-refractivity contribution in [2.45, 2.75) is 24.3 Å². The summed E-state index contributed by atoms with van der Waals surface area (Å²) in [4.78, 5) is 12.9. The molecule has 0 aliphatic carbocycles. The van der Waals surface area contributed by atoms with Crippen molar-refractivity contribution in [3.05, 3.63) is 60.6 Å². The molecule has 3 heterocycles. The zero-order valence-electron chi connectivity index (χ0n) is 15.1. The molecule has 0 spiro atoms. The van der Waals surface area contributed by atoms with Gasteiger partial charge < -0.3 is 9.47 Å². The van der Waals surface area contributed by atoms with Crippen LogP contribution in [0.25, 0.3) is 10.9 Å². The van der Waals surface area contributed by atoms with Crippen molar-refractivity contribution in [2.24, 2.45) is 4.99 Å². The maximum Gasteiger partial charge on any atom is 0.0987 e. The van der Waals surface area contributed by atoms with Gasteiger partial charge in [-0.3, -0.25) is 9.98 Å². The summed E-state index contributed by atoms with van der Waals surface area (Å²) in [5.74, 6) is 2.28. The van der Waals surface area contributed by atoms with E-state index in [2.05, 4.69) is 58.0 Å². The Kier molecular flexibility index (Phi) is 5.25. The van der Waals surface area contributed by atoms with Gasteiger partial charge in [-0.2, -0.15) is 0 Å². The summed E-state index contributed by atoms with van der Waals surface area (Å²) >= 11 is 1.90. The highest BCUT2D eigenvalue weighted by Gasteiger charge is 2.13. The first-order chi connectivity index (χ1) is 12.8. The summed E-state index contributed by atoms with van der Waals surface area (Å²) in [6.07, 6.45) is 6.49. The van der Waals surface area contributed by atoms with E-state index in [1.165, 1.54) is 28.1 Å². The predicted octanol–water partition coefficient (Wildman–Crippen LogP) is 4.30. The lowest BCUT2D eigenvalue weighted by atomic mass is 10.2. The molecule has 0 radical (unpaired) electrons. The van der Waals surface area contributed by atoms with Crippen LogP contribution in [0.1, 0.15) is 18.5 Å². The number of nitrogens with zero attached hydrogens (tertiary/aromatic N) is 4. The molecule has 0 atom stereocenters. The van der Waals surface area contributed by atoms with Crippen LogP contribution in [0.4, 0.5) is 0 Å². The Balaban J connectivity index is 1.48. The molecule has 0 bridgehead atoms. The van der Waals surface area contributed by atoms with E-state index in [0.717, 1.165) is 37.5 Å². The first-order valence-corrected chi connectivity index (χ1v) is 10.1. The van der Waals surface area contributed by atoms with Crippen LogP contribution in [0.3, 0.4) is 0 Å². The Labute approximate surface area is 159 Å². The molecular weight excluding hydrogens is 340 g/mol. The second kappa shape index (κ2) is 7.96. The van der Waals surface area contributed by atoms with Gasteiger partial charge in [0, 0.05) is 54.0 Å². The third kappa shape index (κ3) is 3.78. The number of hydrogen-bond acceptors (Lipinski definition) is 3. The number of amidine groups is 1. The highest BCUT2D eigenvalue weighted by atomic mass is 32.2. The van der Waals surface area contributed by atoms with Crippen molar-refractivity contribution in [1.29, 1.82) is 0 Å². The molecule has 1 saturated heterocycles. The molecule has 26 heavy (non-hydrogen) atoms. The number of pyridine rings is 1. The van der Waals surface area contributed by atoms with E-state index in [0.29, 0.717) is 0 Å². The summed E-state index contributed by atoms with van der Waals surface area (Å²) in [7, 11) is 2.14. The van der Waals surface area contributed by atoms with Gasteiger partial charge >= 0.3 is 0 Å². The molecule has 1 fully saturated rings. The minimum atomic E-state index is 0.801. The molecule has 4 rings (SSSR count). The van der Waals surface area contributed by atoms with Crippen LogP contribution >= 0.6 is 11.8 Å². The lowest BCUT2D eigenvalue weighted by Crippen LogP contribution is -2.19. The molecular formula is C21H24N4S. The summed E-state index contributed by atoms with van der Waals surface area (Å²) < 4.78 is 2.30. The third-order valence-corrected chi connectivity index (χ3v) is 5.81. The largest absolute Gasteiger partial charge is 0.363 e. The minimum Gasteiger partial charge on any atom is -0.363 e. The number of aromatic nitrogens is 2. The fourth-order valence-corrected chi connectivity index (χ4v) is 4.38. The van der Waals surface area contributed by atoms with Crippen molar-refractivity contribution in [2.75, 3.05) is 25.9 Å². The van der Waals surface area contributed by atoms with Gasteiger partial charge in [-0.25, -0.2) is 0 Å². The normalized spacial score (nSPS) is 16.0. The van der Waals surface area contributed by atoms with Gasteiger partial charge in [-0.15, -0.1) is 11.8 Å². The second-order valence-corrected chi connectivity index (χ2v) is 7.77. The number of para-hydroxylation sites is 1. The van der Waals surface area contributed by atoms with Gasteiger partial charge in [-0.1, -0.05) is 24.3 Å². The van der Waals surface area contributed by atoms with E-state index >= 15 is 0 Å². The first-order valence-electron chi connectivity index (χ1n) is 9.16. The Morgan fingerprint density at radius 3 is 2.85 bits per heavy atom. The highest BCUT2D eigenvalue weighted by Crippen LogP contribution is 2.30. The molecule has 3 aromatic rings. The smallest absolute Gasteiger partial charge is 0.0987 e. The Morgan fingerprint density at radius 2 is 2.04 bits per heavy atom. The van der Waals surface area contributed by atoms with E-state index < -0.39 is 0 Å². The SMILES string of the molecule is CN1CCC/C1=N\CCSc1cn(Cc2ccccn2)c2ccccc12. The van der Waals surface area contributed by atoms with E-state index in [-0.39, 0.29) is 0 Å². The molecule has 0 N–H and O–H groups in total. The number of thioether (sulfide) groups is 1. The van der Waals surface area contributed by atoms with E-state index in [9.17, 15) is 0 Å². The van der Waals surface area contributed by atoms with Gasteiger partial charge in [0.15, 0.2) is 0 Å². The average molecular weight is 365 g/mol. The molecule has 1 aliphatic heterocycles. The predicted molar refractivity (Wildman–Crippen MR) is 110 cm³/mol. The maximum atomic E-state index is 4.78. The molecule has 0 saturated carbocycles. The number of aliphatic imine (C=N–C) groups is 1. The fraction of sp³-hybridized carbons (Fsp3) is 0.333. The second-order valence-electron chi connectivity index (χ2n) is 6.63. The molecule has 134 valence electrons. The maximum absolute atomic E-state index is 4.78. The Hall–Kier alpha value is -2.27. The summed E-state index contributed by atoms with van der Waals surface area (Å²) in [5, 5.41) is 1.32. The Morgan fingerprint density at radius 1 is 1.15 bits per heavy atom. The van der Waals surface area contributed by atoms with E-state index in [4.69, 9.17) is 4.99 Å². The molecule has 0 unspecified atom stereocenters. The average Bonchev–Trinajstić information content (AvgIpc) is 3.24. The Bertz CT molecular complexity index is 901. The minimum absolute atomic E-state index is 0.801. The number of hydrogen-bond donors (Lipinski definition) is 0. The quantitative estimate of drug-likeness (QED) is 0.483. The molecule has 4 nitrogen and oxygen atoms in total. The molecule has 5 heteroatoms. The molecule has 1 aromatic carbocycles. The molecule has 2 aromatic heterocycles. The number of rotatable bonds is 6. The zero-order valence-corrected chi connectivity index (χ0v) is 16.0. The monoisotopic (exact) mass is 364 g/mol. The van der Waals surface area contributed by atoms with Gasteiger partial charge in [-0.05, 0) is 24.6 Å². The van der Waals surface area contributed by atoms with Crippen molar-refractivity contribution >= 4 is 28.5 Å². The van der Waals surface area contributed by atoms with Gasteiger partial charge in [0.05, 0.1) is 24.6 Å². The van der Waals surface area contributed by atoms with Gasteiger partial charge in [0.2, 0.25) is 0 Å². The highest BCUT2D eigenvalue weighted by molar-refractivity contribution is 7.99. The van der Waals surface area contributed by atoms with Crippen LogP contribution < -0.4 is 0 Å². The first kappa shape index (κ1) is 17.2. The van der Waals surface area contributed by atoms with Crippen molar-refractivity contribution in [3.8, 4) is 0 Å². The summed E-state index contributed by atoms with van der Waals surface area (Å²) in [5.41, 5.74) is 2.35.